The fraction of sp³-hybridized carbons (Fsp3) is 0.769. The van der Waals surface area contributed by atoms with Gasteiger partial charge < -0.3 is 10.0 Å². The first-order chi connectivity index (χ1) is 9.60. The minimum absolute atomic E-state index is 0.117. The quantitative estimate of drug-likeness (QED) is 0.892. The number of nitrogens with one attached hydrogen (secondary N) is 1. The minimum atomic E-state index is -0.292. The van der Waals surface area contributed by atoms with E-state index in [2.05, 4.69) is 22.4 Å². The molecule has 0 aromatic carbocycles. The summed E-state index contributed by atoms with van der Waals surface area (Å²) in [6.45, 7) is 5.27. The molecule has 112 valence electrons. The van der Waals surface area contributed by atoms with E-state index >= 15 is 0 Å². The number of amides is 2. The molecule has 1 atom stereocenters. The second-order valence-corrected chi connectivity index (χ2v) is 6.31. The van der Waals surface area contributed by atoms with Crippen molar-refractivity contribution in [1.82, 2.24) is 15.1 Å². The maximum absolute atomic E-state index is 12.1. The molecule has 7 heteroatoms. The Labute approximate surface area is 123 Å². The van der Waals surface area contributed by atoms with Gasteiger partial charge in [-0.1, -0.05) is 18.3 Å². The minimum Gasteiger partial charge on any atom is -0.393 e. The van der Waals surface area contributed by atoms with Gasteiger partial charge in [0.05, 0.1) is 6.10 Å². The molecular formula is C13H22N4O2S. The molecular weight excluding hydrogens is 276 g/mol. The molecule has 2 N–H and O–H groups in total. The Morgan fingerprint density at radius 2 is 2.20 bits per heavy atom. The molecule has 6 nitrogen and oxygen atoms in total. The van der Waals surface area contributed by atoms with E-state index in [9.17, 15) is 9.90 Å². The zero-order valence-electron chi connectivity index (χ0n) is 12.0. The molecule has 20 heavy (non-hydrogen) atoms. The molecule has 1 aliphatic heterocycles. The van der Waals surface area contributed by atoms with Gasteiger partial charge in [-0.2, -0.15) is 0 Å². The average Bonchev–Trinajstić information content (AvgIpc) is 2.86. The van der Waals surface area contributed by atoms with E-state index < -0.39 is 0 Å². The van der Waals surface area contributed by atoms with Crippen LogP contribution in [0.2, 0.25) is 0 Å². The van der Waals surface area contributed by atoms with Gasteiger partial charge in [0.1, 0.15) is 5.01 Å². The first-order valence-corrected chi connectivity index (χ1v) is 7.98. The molecule has 1 aromatic rings. The van der Waals surface area contributed by atoms with Crippen LogP contribution in [0.5, 0.6) is 0 Å². The second kappa shape index (κ2) is 6.99. The number of hydrogen-bond acceptors (Lipinski definition) is 5. The number of aliphatic hydroxyl groups excluding tert-OH is 1. The maximum Gasteiger partial charge on any atom is 0.323 e. The van der Waals surface area contributed by atoms with E-state index in [0.29, 0.717) is 24.1 Å². The van der Waals surface area contributed by atoms with Crippen molar-refractivity contribution in [1.29, 1.82) is 0 Å². The number of aryl methyl sites for hydroxylation is 1. The van der Waals surface area contributed by atoms with Crippen LogP contribution in [0, 0.1) is 5.92 Å². The third-order valence-electron chi connectivity index (χ3n) is 3.65. The van der Waals surface area contributed by atoms with Crippen molar-refractivity contribution in [3.8, 4) is 0 Å². The number of carbonyl (C=O) groups excluding carboxylic acids is 1. The number of aromatic nitrogens is 2. The lowest BCUT2D eigenvalue weighted by molar-refractivity contribution is 0.0820. The lowest BCUT2D eigenvalue weighted by Crippen LogP contribution is -2.42. The zero-order valence-corrected chi connectivity index (χ0v) is 12.8. The number of hydrogen-bond donors (Lipinski definition) is 2. The summed E-state index contributed by atoms with van der Waals surface area (Å²) in [6.07, 6.45) is 3.33. The summed E-state index contributed by atoms with van der Waals surface area (Å²) >= 11 is 1.43. The van der Waals surface area contributed by atoms with Crippen LogP contribution >= 0.6 is 11.3 Å². The number of rotatable bonds is 4. The van der Waals surface area contributed by atoms with Crippen molar-refractivity contribution >= 4 is 22.5 Å². The number of likely N-dealkylation sites (tertiary alicyclic amines) is 1. The van der Waals surface area contributed by atoms with Crippen molar-refractivity contribution in [2.75, 3.05) is 18.4 Å². The number of urea groups is 1. The van der Waals surface area contributed by atoms with Gasteiger partial charge in [-0.3, -0.25) is 5.32 Å². The van der Waals surface area contributed by atoms with Crippen LogP contribution in [0.4, 0.5) is 9.93 Å². The molecule has 1 fully saturated rings. The molecule has 1 saturated heterocycles. The molecule has 2 heterocycles. The molecule has 1 aliphatic rings. The summed E-state index contributed by atoms with van der Waals surface area (Å²) in [5.41, 5.74) is 0. The van der Waals surface area contributed by atoms with Crippen LogP contribution in [0.3, 0.4) is 0 Å². The molecule has 0 radical (unpaired) electrons. The topological polar surface area (TPSA) is 78.4 Å². The van der Waals surface area contributed by atoms with Gasteiger partial charge in [0.25, 0.3) is 0 Å². The Bertz CT molecular complexity index is 441. The van der Waals surface area contributed by atoms with Gasteiger partial charge >= 0.3 is 6.03 Å². The molecule has 1 aromatic heterocycles. The highest BCUT2D eigenvalue weighted by Gasteiger charge is 2.25. The van der Waals surface area contributed by atoms with E-state index in [-0.39, 0.29) is 12.1 Å². The number of piperidine rings is 1. The predicted molar refractivity (Wildman–Crippen MR) is 78.9 cm³/mol. The first kappa shape index (κ1) is 15.2. The third-order valence-corrected chi connectivity index (χ3v) is 4.55. The summed E-state index contributed by atoms with van der Waals surface area (Å²) in [5, 5.41) is 21.9. The third kappa shape index (κ3) is 3.89. The number of aliphatic hydroxyl groups is 1. The van der Waals surface area contributed by atoms with Crippen molar-refractivity contribution in [2.45, 2.75) is 45.6 Å². The number of nitrogens with zero attached hydrogens (tertiary/aromatic N) is 3. The van der Waals surface area contributed by atoms with Crippen LogP contribution in [-0.2, 0) is 6.42 Å². The monoisotopic (exact) mass is 298 g/mol. The summed E-state index contributed by atoms with van der Waals surface area (Å²) in [6, 6.07) is -0.117. The maximum atomic E-state index is 12.1. The summed E-state index contributed by atoms with van der Waals surface area (Å²) in [7, 11) is 0. The largest absolute Gasteiger partial charge is 0.393 e. The van der Waals surface area contributed by atoms with E-state index in [4.69, 9.17) is 0 Å². The Hall–Kier alpha value is -1.21. The van der Waals surface area contributed by atoms with Crippen LogP contribution in [0.1, 0.15) is 38.1 Å². The molecule has 1 unspecified atom stereocenters. The van der Waals surface area contributed by atoms with Gasteiger partial charge in [0, 0.05) is 19.5 Å². The van der Waals surface area contributed by atoms with E-state index in [1.165, 1.54) is 11.3 Å². The van der Waals surface area contributed by atoms with Crippen LogP contribution < -0.4 is 5.32 Å². The van der Waals surface area contributed by atoms with E-state index in [1.807, 2.05) is 6.92 Å². The standard InChI is InChI=1S/C13H22N4O2S/c1-3-4-11-15-16-12(20-11)14-13(19)17-7-5-10(6-8-17)9(2)18/h9-10,18H,3-8H2,1-2H3,(H,14,16,19). The Balaban J connectivity index is 1.83. The summed E-state index contributed by atoms with van der Waals surface area (Å²) in [4.78, 5) is 13.9. The Morgan fingerprint density at radius 3 is 2.80 bits per heavy atom. The van der Waals surface area contributed by atoms with Crippen LogP contribution in [-0.4, -0.2) is 45.4 Å². The number of anilines is 1. The molecule has 0 spiro atoms. The molecule has 0 bridgehead atoms. The summed E-state index contributed by atoms with van der Waals surface area (Å²) in [5.74, 6) is 0.303. The second-order valence-electron chi connectivity index (χ2n) is 5.25. The highest BCUT2D eigenvalue weighted by Crippen LogP contribution is 2.22. The summed E-state index contributed by atoms with van der Waals surface area (Å²) < 4.78 is 0. The van der Waals surface area contributed by atoms with E-state index in [1.54, 1.807) is 4.90 Å². The molecule has 2 amide bonds. The SMILES string of the molecule is CCCc1nnc(NC(=O)N2CCC(C(C)O)CC2)s1. The van der Waals surface area contributed by atoms with Gasteiger partial charge in [0.2, 0.25) is 5.13 Å². The molecule has 2 rings (SSSR count). The first-order valence-electron chi connectivity index (χ1n) is 7.16. The molecule has 0 saturated carbocycles. The normalized spacial score (nSPS) is 18.1. The van der Waals surface area contributed by atoms with Gasteiger partial charge in [-0.25, -0.2) is 4.79 Å². The van der Waals surface area contributed by atoms with Gasteiger partial charge in [-0.15, -0.1) is 10.2 Å². The average molecular weight is 298 g/mol. The van der Waals surface area contributed by atoms with Gasteiger partial charge in [0.15, 0.2) is 0 Å². The number of carbonyl (C=O) groups is 1. The lowest BCUT2D eigenvalue weighted by Gasteiger charge is -2.32. The Morgan fingerprint density at radius 1 is 1.50 bits per heavy atom. The highest BCUT2D eigenvalue weighted by atomic mass is 32.1. The lowest BCUT2D eigenvalue weighted by atomic mass is 9.92. The smallest absolute Gasteiger partial charge is 0.323 e. The van der Waals surface area contributed by atoms with Crippen molar-refractivity contribution in [3.05, 3.63) is 5.01 Å². The van der Waals surface area contributed by atoms with Gasteiger partial charge in [-0.05, 0) is 32.1 Å². The fourth-order valence-corrected chi connectivity index (χ4v) is 3.21. The molecule has 0 aliphatic carbocycles. The van der Waals surface area contributed by atoms with Crippen LogP contribution in [0.25, 0.3) is 0 Å². The van der Waals surface area contributed by atoms with Crippen molar-refractivity contribution in [2.24, 2.45) is 5.92 Å². The Kier molecular flexibility index (Phi) is 5.31. The zero-order chi connectivity index (χ0) is 14.5. The fourth-order valence-electron chi connectivity index (χ4n) is 2.37. The highest BCUT2D eigenvalue weighted by molar-refractivity contribution is 7.15. The van der Waals surface area contributed by atoms with Crippen molar-refractivity contribution in [3.63, 3.8) is 0 Å². The van der Waals surface area contributed by atoms with E-state index in [0.717, 1.165) is 30.7 Å². The van der Waals surface area contributed by atoms with Crippen LogP contribution in [0.15, 0.2) is 0 Å². The predicted octanol–water partition coefficient (Wildman–Crippen LogP) is 2.12. The van der Waals surface area contributed by atoms with Crippen molar-refractivity contribution < 1.29 is 9.90 Å².